The Morgan fingerprint density at radius 1 is 0.514 bits per heavy atom. The topological polar surface area (TPSA) is 458 Å². The Kier molecular flexibility index (Phi) is 92.6. The lowest BCUT2D eigenvalue weighted by Crippen LogP contribution is -3.00. The monoisotopic (exact) mass is 1150 g/mol. The average Bonchev–Trinajstić information content (AvgIpc) is 3.31. The third kappa shape index (κ3) is 90.3. The predicted molar refractivity (Wildman–Crippen MR) is 259 cm³/mol. The first-order valence-electron chi connectivity index (χ1n) is 23.3. The number of hydrogen-bond donors (Lipinski definition) is 17. The second kappa shape index (κ2) is 77.4. The zero-order valence-electron chi connectivity index (χ0n) is 42.6. The summed E-state index contributed by atoms with van der Waals surface area (Å²) in [6, 6.07) is 0. The van der Waals surface area contributed by atoms with Crippen molar-refractivity contribution >= 4 is 29.7 Å². The molecule has 0 aromatic heterocycles. The van der Waals surface area contributed by atoms with Crippen LogP contribution < -0.4 is 155 Å². The van der Waals surface area contributed by atoms with Crippen LogP contribution in [0.3, 0.4) is 0 Å². The van der Waals surface area contributed by atoms with Gasteiger partial charge in [-0.05, 0) is 19.3 Å². The van der Waals surface area contributed by atoms with Crippen LogP contribution in [0.15, 0.2) is 0 Å². The molecule has 1 rings (SSSR count). The molecule has 0 fully saturated rings. The summed E-state index contributed by atoms with van der Waals surface area (Å²) in [5, 5.41) is 11.4. The predicted octanol–water partition coefficient (Wildman–Crippen LogP) is -28.8. The van der Waals surface area contributed by atoms with Crippen molar-refractivity contribution in [2.75, 3.05) is 191 Å². The van der Waals surface area contributed by atoms with E-state index in [-0.39, 0.29) is 74.0 Å². The van der Waals surface area contributed by atoms with Crippen molar-refractivity contribution in [3.8, 4) is 0 Å². The van der Waals surface area contributed by atoms with Crippen LogP contribution >= 0.6 is 0 Å². The normalized spacial score (nSPS) is 12.6. The van der Waals surface area contributed by atoms with Gasteiger partial charge in [-0.2, -0.15) is 0 Å². The summed E-state index contributed by atoms with van der Waals surface area (Å²) in [5.41, 5.74) is 53.3. The van der Waals surface area contributed by atoms with Crippen molar-refractivity contribution in [3.05, 3.63) is 0 Å². The number of guanidine groups is 4. The molecule has 1 heterocycles. The molecule has 0 atom stereocenters. The maximum absolute atomic E-state index is 5.74. The fourth-order valence-electron chi connectivity index (χ4n) is 4.58. The molecule has 0 unspecified atom stereocenters. The maximum Gasteiger partial charge on any atom is 0.341 e. The molecule has 27 nitrogen and oxygen atoms in total. The van der Waals surface area contributed by atoms with Crippen LogP contribution in [0.5, 0.6) is 0 Å². The molecule has 0 aromatic rings. The Balaban J connectivity index is -0.000000126. The van der Waals surface area contributed by atoms with Gasteiger partial charge < -0.3 is 127 Å². The molecular formula is C40H98Cl5N17O10. The van der Waals surface area contributed by atoms with Crippen molar-refractivity contribution in [1.82, 2.24) is 10.6 Å². The van der Waals surface area contributed by atoms with E-state index in [1.54, 1.807) is 0 Å². The van der Waals surface area contributed by atoms with Gasteiger partial charge in [-0.25, -0.2) is 0 Å². The first-order valence-corrected chi connectivity index (χ1v) is 23.3. The minimum Gasteiger partial charge on any atom is -1.00 e. The summed E-state index contributed by atoms with van der Waals surface area (Å²) in [7, 11) is 0. The fourth-order valence-corrected chi connectivity index (χ4v) is 4.58. The van der Waals surface area contributed by atoms with Crippen molar-refractivity contribution in [2.24, 2.45) is 57.3 Å². The van der Waals surface area contributed by atoms with Gasteiger partial charge >= 0.3 is 23.8 Å². The molecule has 438 valence electrons. The van der Waals surface area contributed by atoms with Crippen LogP contribution in [-0.4, -0.2) is 221 Å². The van der Waals surface area contributed by atoms with Crippen LogP contribution in [-0.2, 0) is 47.4 Å². The van der Waals surface area contributed by atoms with Gasteiger partial charge in [0.15, 0.2) is 0 Å². The SMILES string of the molecule is NC(=[NH2+])CCCOCCOCC[NH+]=C(N)N.NC1=[NH+]CCCCCCOCCOCCN1.NCCOCCOCCNC(N)=[NH+]CCOCCOCCN.NCCOCCOCC[NH+]=C(N)N.[Cl-].[Cl-].[Cl-].[Cl-].[Cl-]. The zero-order chi connectivity index (χ0) is 49.9. The molecule has 0 saturated carbocycles. The number of hydrogen-bond acceptors (Lipinski definition) is 15. The Bertz CT molecular complexity index is 1170. The highest BCUT2D eigenvalue weighted by Gasteiger charge is 2.01. The number of rotatable bonds is 34. The molecule has 0 saturated heterocycles. The highest BCUT2D eigenvalue weighted by Crippen LogP contribution is 1.98. The van der Waals surface area contributed by atoms with Gasteiger partial charge in [0.05, 0.1) is 165 Å². The van der Waals surface area contributed by atoms with Crippen molar-refractivity contribution < 1.29 is 135 Å². The number of amidine groups is 1. The third-order valence-corrected chi connectivity index (χ3v) is 7.77. The van der Waals surface area contributed by atoms with E-state index < -0.39 is 0 Å². The smallest absolute Gasteiger partial charge is 0.341 e. The van der Waals surface area contributed by atoms with Gasteiger partial charge in [-0.3, -0.25) is 76.1 Å². The van der Waals surface area contributed by atoms with Crippen LogP contribution in [0.25, 0.3) is 0 Å². The van der Waals surface area contributed by atoms with E-state index in [0.717, 1.165) is 39.0 Å². The second-order valence-electron chi connectivity index (χ2n) is 13.9. The molecule has 72 heavy (non-hydrogen) atoms. The van der Waals surface area contributed by atoms with Gasteiger partial charge in [0.2, 0.25) is 5.84 Å². The molecule has 0 bridgehead atoms. The van der Waals surface area contributed by atoms with E-state index >= 15 is 0 Å². The van der Waals surface area contributed by atoms with E-state index in [4.69, 9.17) is 110 Å². The van der Waals surface area contributed by atoms with Crippen molar-refractivity contribution in [2.45, 2.75) is 38.5 Å². The van der Waals surface area contributed by atoms with Crippen LogP contribution in [0.2, 0.25) is 0 Å². The molecule has 1 aliphatic rings. The van der Waals surface area contributed by atoms with Crippen molar-refractivity contribution in [1.29, 1.82) is 0 Å². The average molecular weight is 1150 g/mol. The van der Waals surface area contributed by atoms with Gasteiger partial charge in [0, 0.05) is 32.8 Å². The van der Waals surface area contributed by atoms with E-state index in [0.29, 0.717) is 196 Å². The van der Waals surface area contributed by atoms with Gasteiger partial charge in [0.1, 0.15) is 0 Å². The number of ether oxygens (including phenoxy) is 10. The lowest BCUT2D eigenvalue weighted by atomic mass is 10.2. The summed E-state index contributed by atoms with van der Waals surface area (Å²) < 4.78 is 52.7. The van der Waals surface area contributed by atoms with Crippen molar-refractivity contribution in [3.63, 3.8) is 0 Å². The summed E-state index contributed by atoms with van der Waals surface area (Å²) in [6.07, 6.45) is 6.26. The molecule has 0 radical (unpaired) electrons. The highest BCUT2D eigenvalue weighted by molar-refractivity contribution is 5.73. The Labute approximate surface area is 460 Å². The number of nitrogens with two attached hydrogens (primary N) is 11. The minimum absolute atomic E-state index is 0. The molecule has 0 aromatic carbocycles. The Morgan fingerprint density at radius 2 is 0.917 bits per heavy atom. The maximum atomic E-state index is 5.74. The van der Waals surface area contributed by atoms with E-state index in [2.05, 4.69) is 30.6 Å². The largest absolute Gasteiger partial charge is 1.00 e. The summed E-state index contributed by atoms with van der Waals surface area (Å²) in [6.45, 7) is 17.6. The number of nitrogens with one attached hydrogen (secondary N) is 6. The highest BCUT2D eigenvalue weighted by atomic mass is 35.5. The van der Waals surface area contributed by atoms with Gasteiger partial charge in [-0.1, -0.05) is 12.8 Å². The van der Waals surface area contributed by atoms with Crippen LogP contribution in [0, 0.1) is 0 Å². The van der Waals surface area contributed by atoms with Crippen LogP contribution in [0.1, 0.15) is 38.5 Å². The lowest BCUT2D eigenvalue weighted by molar-refractivity contribution is -0.464. The molecule has 0 spiro atoms. The lowest BCUT2D eigenvalue weighted by Gasteiger charge is -2.05. The molecule has 32 heteroatoms. The van der Waals surface area contributed by atoms with Gasteiger partial charge in [-0.15, -0.1) is 0 Å². The van der Waals surface area contributed by atoms with E-state index in [1.807, 2.05) is 0 Å². The molecule has 0 amide bonds. The Hall–Kier alpha value is -2.52. The summed E-state index contributed by atoms with van der Waals surface area (Å²) in [5.74, 6) is 2.01. The van der Waals surface area contributed by atoms with E-state index in [1.165, 1.54) is 12.8 Å². The summed E-state index contributed by atoms with van der Waals surface area (Å²) in [4.78, 5) is 11.6. The molecule has 28 N–H and O–H groups in total. The molecule has 0 aliphatic carbocycles. The van der Waals surface area contributed by atoms with E-state index in [9.17, 15) is 0 Å². The minimum atomic E-state index is 0. The standard InChI is InChI=1S/C13H31N5O4.C11H23N3O2.C9H21N5O2.C7H18N4O2.5ClH/c14-1-5-19-9-11-21-7-3-17-13(16)18-4-8-22-12-10-20-6-2-15;12-11-13-5-3-1-2-4-7-15-9-10-16-8-6-14-11;10-8(11)2-1-4-15-6-7-16-5-3-14-9(12)13;8-1-3-12-5-6-13-4-2-11-7(9)10;;;;;/h1-12,14-15H2,(H3,16,17,18);1-10H2,(H3,12,13,14);1-7H2,(H3,10,11)(H4,12,13,14);1-6,8H2,(H4,9,10,11);5*1H. The molecule has 1 aliphatic heterocycles. The zero-order valence-corrected chi connectivity index (χ0v) is 46.4. The first kappa shape index (κ1) is 86.2. The molecular weight excluding hydrogens is 1060 g/mol. The van der Waals surface area contributed by atoms with Gasteiger partial charge in [0.25, 0.3) is 0 Å². The quantitative estimate of drug-likeness (QED) is 0.0162. The Morgan fingerprint density at radius 3 is 1.36 bits per heavy atom. The summed E-state index contributed by atoms with van der Waals surface area (Å²) >= 11 is 0. The van der Waals surface area contributed by atoms with Crippen LogP contribution in [0.4, 0.5) is 0 Å². The number of halogens is 5. The first-order chi connectivity index (χ1) is 32.6. The third-order valence-electron chi connectivity index (χ3n) is 7.77. The second-order valence-corrected chi connectivity index (χ2v) is 13.9. The fraction of sp³-hybridized carbons (Fsp3) is 0.875.